The van der Waals surface area contributed by atoms with Gasteiger partial charge < -0.3 is 5.73 Å². The molecule has 2 aromatic heterocycles. The van der Waals surface area contributed by atoms with Crippen molar-refractivity contribution in [2.75, 3.05) is 27.2 Å². The number of hydrogen-bond acceptors (Lipinski definition) is 8. The van der Waals surface area contributed by atoms with Crippen LogP contribution in [0.15, 0.2) is 41.6 Å². The average Bonchev–Trinajstić information content (AvgIpc) is 3.23. The summed E-state index contributed by atoms with van der Waals surface area (Å²) in [5.41, 5.74) is 8.70. The van der Waals surface area contributed by atoms with E-state index in [1.807, 2.05) is 27.0 Å². The fraction of sp³-hybridized carbons (Fsp3) is 0.440. The van der Waals surface area contributed by atoms with Crippen LogP contribution in [0.1, 0.15) is 50.7 Å². The van der Waals surface area contributed by atoms with E-state index in [1.54, 1.807) is 35.0 Å². The molecule has 4 N–H and O–H groups in total. The van der Waals surface area contributed by atoms with Gasteiger partial charge in [-0.15, -0.1) is 5.10 Å². The highest BCUT2D eigenvalue weighted by molar-refractivity contribution is 5.76. The third-order valence-corrected chi connectivity index (χ3v) is 5.92. The molecule has 4 rings (SSSR count). The first kappa shape index (κ1) is 28.0. The molecular formula is C25H36FN9O2. The van der Waals surface area contributed by atoms with Crippen LogP contribution in [0.5, 0.6) is 0 Å². The van der Waals surface area contributed by atoms with E-state index in [9.17, 15) is 9.18 Å². The predicted octanol–water partition coefficient (Wildman–Crippen LogP) is 2.58. The van der Waals surface area contributed by atoms with Crippen molar-refractivity contribution in [2.24, 2.45) is 16.7 Å². The van der Waals surface area contributed by atoms with Gasteiger partial charge in [-0.3, -0.25) is 9.69 Å². The highest BCUT2D eigenvalue weighted by Crippen LogP contribution is 2.29. The molecule has 11 nitrogen and oxygen atoms in total. The molecule has 12 heteroatoms. The second-order valence-corrected chi connectivity index (χ2v) is 10.3. The number of halogens is 1. The van der Waals surface area contributed by atoms with Crippen molar-refractivity contribution < 1.29 is 14.0 Å². The summed E-state index contributed by atoms with van der Waals surface area (Å²) >= 11 is 0. The van der Waals surface area contributed by atoms with Gasteiger partial charge in [0, 0.05) is 24.7 Å². The zero-order valence-corrected chi connectivity index (χ0v) is 22.4. The van der Waals surface area contributed by atoms with Gasteiger partial charge in [-0.1, -0.05) is 20.8 Å². The standard InChI is InChI=1S/C17H16FN3O.C8H20N6O/c1-17(2,3)14-8-15(11-4-6-12(18)7-5-11)20-21-9-13(10-22)19-16(14)21;1-8(2)12(3)5-6-14(15-8)7(9)11-13(4)10/h4-10H,1-3H3;5-6,10H2,1-4H3,(H2,9,11). The van der Waals surface area contributed by atoms with E-state index in [1.165, 1.54) is 12.1 Å². The summed E-state index contributed by atoms with van der Waals surface area (Å²) in [6.07, 6.45) is 2.31. The fourth-order valence-corrected chi connectivity index (χ4v) is 3.63. The molecule has 0 amide bonds. The largest absolute Gasteiger partial charge is 0.366 e. The van der Waals surface area contributed by atoms with Crippen molar-refractivity contribution in [1.82, 2.24) is 29.7 Å². The lowest BCUT2D eigenvalue weighted by atomic mass is 9.87. The second kappa shape index (κ2) is 10.8. The Bertz CT molecular complexity index is 1260. The lowest BCUT2D eigenvalue weighted by Gasteiger charge is -2.44. The molecule has 1 saturated heterocycles. The Morgan fingerprint density at radius 3 is 2.43 bits per heavy atom. The highest BCUT2D eigenvalue weighted by atomic mass is 19.1. The molecule has 200 valence electrons. The van der Waals surface area contributed by atoms with Crippen molar-refractivity contribution in [3.8, 4) is 11.3 Å². The molecule has 0 radical (unpaired) electrons. The van der Waals surface area contributed by atoms with Gasteiger partial charge in [0.15, 0.2) is 11.9 Å². The number of benzene rings is 1. The number of hydrogen-bond donors (Lipinski definition) is 2. The third kappa shape index (κ3) is 6.79. The molecule has 1 fully saturated rings. The van der Waals surface area contributed by atoms with Gasteiger partial charge in [-0.05, 0) is 56.6 Å². The minimum Gasteiger partial charge on any atom is -0.366 e. The number of hydrazone groups is 1. The molecule has 1 aromatic carbocycles. The van der Waals surface area contributed by atoms with Crippen LogP contribution in [0, 0.1) is 5.82 Å². The summed E-state index contributed by atoms with van der Waals surface area (Å²) in [6, 6.07) is 8.14. The summed E-state index contributed by atoms with van der Waals surface area (Å²) in [6.45, 7) is 11.7. The quantitative estimate of drug-likeness (QED) is 0.178. The first-order chi connectivity index (χ1) is 17.2. The normalized spacial score (nSPS) is 16.4. The molecule has 1 aliphatic heterocycles. The van der Waals surface area contributed by atoms with Crippen molar-refractivity contribution in [3.63, 3.8) is 0 Å². The van der Waals surface area contributed by atoms with Crippen LogP contribution in [0.2, 0.25) is 0 Å². The molecule has 3 heterocycles. The smallest absolute Gasteiger partial charge is 0.239 e. The van der Waals surface area contributed by atoms with E-state index in [2.05, 4.69) is 40.9 Å². The van der Waals surface area contributed by atoms with Crippen molar-refractivity contribution >= 4 is 17.9 Å². The maximum Gasteiger partial charge on any atom is 0.239 e. The average molecular weight is 514 g/mol. The highest BCUT2D eigenvalue weighted by Gasteiger charge is 2.33. The summed E-state index contributed by atoms with van der Waals surface area (Å²) in [4.78, 5) is 23.1. The number of hydrazine groups is 1. The Morgan fingerprint density at radius 1 is 1.24 bits per heavy atom. The Balaban J connectivity index is 0.000000222. The lowest BCUT2D eigenvalue weighted by molar-refractivity contribution is -0.277. The number of nitrogens with zero attached hydrogens (tertiary/aromatic N) is 7. The monoisotopic (exact) mass is 513 g/mol. The van der Waals surface area contributed by atoms with Gasteiger partial charge in [0.25, 0.3) is 0 Å². The van der Waals surface area contributed by atoms with Crippen LogP contribution in [-0.2, 0) is 10.3 Å². The van der Waals surface area contributed by atoms with E-state index in [0.29, 0.717) is 29.9 Å². The summed E-state index contributed by atoms with van der Waals surface area (Å²) in [7, 11) is 3.60. The van der Waals surface area contributed by atoms with E-state index >= 15 is 0 Å². The fourth-order valence-electron chi connectivity index (χ4n) is 3.63. The molecule has 37 heavy (non-hydrogen) atoms. The Hall–Kier alpha value is -3.61. The van der Waals surface area contributed by atoms with Gasteiger partial charge in [-0.25, -0.2) is 34.8 Å². The number of carbonyl (C=O) groups excluding carboxylic acids is 1. The van der Waals surface area contributed by atoms with Crippen LogP contribution in [0.3, 0.4) is 0 Å². The molecule has 0 saturated carbocycles. The van der Waals surface area contributed by atoms with Crippen LogP contribution < -0.4 is 11.6 Å². The van der Waals surface area contributed by atoms with Gasteiger partial charge in [0.2, 0.25) is 5.96 Å². The maximum atomic E-state index is 13.1. The molecule has 0 aliphatic carbocycles. The number of hydroxylamine groups is 2. The molecular weight excluding hydrogens is 477 g/mol. The Morgan fingerprint density at radius 2 is 1.89 bits per heavy atom. The van der Waals surface area contributed by atoms with E-state index in [4.69, 9.17) is 16.4 Å². The van der Waals surface area contributed by atoms with Crippen molar-refractivity contribution in [2.45, 2.75) is 45.8 Å². The Kier molecular flexibility index (Phi) is 8.16. The summed E-state index contributed by atoms with van der Waals surface area (Å²) in [5.74, 6) is 5.35. The number of aldehydes is 1. The SMILES string of the molecule is CC(C)(C)c1cc(-c2ccc(F)cc2)nn2cc(C=O)nc12.CN(N)/N=C(\N)N1CCN(C)C(C)(C)O1. The minimum absolute atomic E-state index is 0.162. The summed E-state index contributed by atoms with van der Waals surface area (Å²) < 4.78 is 14.7. The number of nitrogens with two attached hydrogens (primary N) is 2. The maximum absolute atomic E-state index is 13.1. The number of carbonyl (C=O) groups is 1. The first-order valence-electron chi connectivity index (χ1n) is 11.8. The number of aromatic nitrogens is 3. The number of rotatable bonds is 3. The Labute approximate surface area is 216 Å². The van der Waals surface area contributed by atoms with Crippen molar-refractivity contribution in [3.05, 3.63) is 53.6 Å². The molecule has 0 bridgehead atoms. The number of guanidine groups is 1. The lowest BCUT2D eigenvalue weighted by Crippen LogP contribution is -2.58. The van der Waals surface area contributed by atoms with Gasteiger partial charge in [0.1, 0.15) is 17.2 Å². The summed E-state index contributed by atoms with van der Waals surface area (Å²) in [5, 5.41) is 11.1. The van der Waals surface area contributed by atoms with Gasteiger partial charge in [-0.2, -0.15) is 5.10 Å². The van der Waals surface area contributed by atoms with E-state index in [0.717, 1.165) is 22.8 Å². The zero-order chi connectivity index (χ0) is 27.5. The van der Waals surface area contributed by atoms with Crippen LogP contribution in [-0.4, -0.2) is 74.8 Å². The molecule has 1 aliphatic rings. The van der Waals surface area contributed by atoms with Crippen LogP contribution in [0.4, 0.5) is 4.39 Å². The topological polar surface area (TPSA) is 131 Å². The van der Waals surface area contributed by atoms with Gasteiger partial charge >= 0.3 is 0 Å². The zero-order valence-electron chi connectivity index (χ0n) is 22.4. The number of imidazole rings is 1. The van der Waals surface area contributed by atoms with Crippen LogP contribution in [0.25, 0.3) is 16.9 Å². The van der Waals surface area contributed by atoms with Gasteiger partial charge in [0.05, 0.1) is 18.4 Å². The number of likely N-dealkylation sites (N-methyl/N-ethyl adjacent to an activating group) is 1. The molecule has 0 unspecified atom stereocenters. The minimum atomic E-state index is -0.383. The van der Waals surface area contributed by atoms with Crippen LogP contribution >= 0.6 is 0 Å². The third-order valence-electron chi connectivity index (χ3n) is 5.92. The molecule has 0 atom stereocenters. The predicted molar refractivity (Wildman–Crippen MR) is 141 cm³/mol. The van der Waals surface area contributed by atoms with E-state index in [-0.39, 0.29) is 22.9 Å². The van der Waals surface area contributed by atoms with Crippen molar-refractivity contribution in [1.29, 1.82) is 0 Å². The first-order valence-corrected chi connectivity index (χ1v) is 11.8. The van der Waals surface area contributed by atoms with E-state index < -0.39 is 0 Å². The molecule has 3 aromatic rings. The number of fused-ring (bicyclic) bond motifs is 1. The molecule has 0 spiro atoms. The second-order valence-electron chi connectivity index (χ2n) is 10.3.